The summed E-state index contributed by atoms with van der Waals surface area (Å²) in [6.07, 6.45) is 0. The molecule has 4 rings (SSSR count). The predicted molar refractivity (Wildman–Crippen MR) is 120 cm³/mol. The van der Waals surface area contributed by atoms with Crippen molar-refractivity contribution >= 4 is 46.7 Å². The van der Waals surface area contributed by atoms with E-state index in [0.717, 1.165) is 11.1 Å². The van der Waals surface area contributed by atoms with Crippen molar-refractivity contribution in [1.82, 2.24) is 0 Å². The van der Waals surface area contributed by atoms with E-state index in [9.17, 15) is 14.7 Å². The van der Waals surface area contributed by atoms with Crippen LogP contribution in [0.15, 0.2) is 72.8 Å². The topological polar surface area (TPSA) is 63.6 Å². The smallest absolute Gasteiger partial charge is 0.315 e. The van der Waals surface area contributed by atoms with E-state index in [1.807, 2.05) is 60.7 Å². The van der Waals surface area contributed by atoms with Gasteiger partial charge >= 0.3 is 11.9 Å². The van der Waals surface area contributed by atoms with Crippen LogP contribution < -0.4 is 4.74 Å². The van der Waals surface area contributed by atoms with Gasteiger partial charge in [-0.1, -0.05) is 95.5 Å². The molecule has 3 aromatic carbocycles. The fraction of sp³-hybridized carbons (Fsp3) is 0.167. The standard InChI is InChI=1S/C24H17Cl3O4/c25-15-11-12-16(22(27)21(15)26)31-24(30)20-17(13-7-3-1-4-8-13)19(23(28)29)18(20)14-9-5-2-6-10-14/h1-12,17-20H,(H,28,29)/t17-,18-,19-,20-/m0/s1. The van der Waals surface area contributed by atoms with Crippen molar-refractivity contribution in [2.24, 2.45) is 11.8 Å². The quantitative estimate of drug-likeness (QED) is 0.262. The Labute approximate surface area is 194 Å². The second-order valence-corrected chi connectivity index (χ2v) is 8.52. The first-order valence-corrected chi connectivity index (χ1v) is 10.7. The van der Waals surface area contributed by atoms with E-state index in [-0.39, 0.29) is 20.8 Å². The van der Waals surface area contributed by atoms with E-state index >= 15 is 0 Å². The first-order chi connectivity index (χ1) is 14.9. The molecule has 1 saturated carbocycles. The van der Waals surface area contributed by atoms with Gasteiger partial charge in [0, 0.05) is 11.8 Å². The van der Waals surface area contributed by atoms with Crippen LogP contribution in [0, 0.1) is 11.8 Å². The van der Waals surface area contributed by atoms with Crippen LogP contribution in [-0.2, 0) is 9.59 Å². The van der Waals surface area contributed by atoms with Gasteiger partial charge < -0.3 is 9.84 Å². The molecular weight excluding hydrogens is 459 g/mol. The lowest BCUT2D eigenvalue weighted by molar-refractivity contribution is -0.158. The summed E-state index contributed by atoms with van der Waals surface area (Å²) in [6, 6.07) is 21.2. The third-order valence-corrected chi connectivity index (χ3v) is 6.96. The summed E-state index contributed by atoms with van der Waals surface area (Å²) in [5.41, 5.74) is 1.54. The minimum Gasteiger partial charge on any atom is -0.481 e. The maximum absolute atomic E-state index is 13.3. The van der Waals surface area contributed by atoms with Gasteiger partial charge in [0.05, 0.1) is 21.9 Å². The molecule has 0 amide bonds. The average Bonchev–Trinajstić information content (AvgIpc) is 2.75. The van der Waals surface area contributed by atoms with Crippen molar-refractivity contribution in [2.75, 3.05) is 0 Å². The van der Waals surface area contributed by atoms with Gasteiger partial charge in [-0.3, -0.25) is 9.59 Å². The Morgan fingerprint density at radius 3 is 1.71 bits per heavy atom. The molecule has 2 atom stereocenters. The van der Waals surface area contributed by atoms with E-state index < -0.39 is 35.6 Å². The summed E-state index contributed by atoms with van der Waals surface area (Å²) in [7, 11) is 0. The second-order valence-electron chi connectivity index (χ2n) is 7.36. The summed E-state index contributed by atoms with van der Waals surface area (Å²) in [5, 5.41) is 10.4. The molecule has 31 heavy (non-hydrogen) atoms. The van der Waals surface area contributed by atoms with Crippen LogP contribution in [0.25, 0.3) is 0 Å². The van der Waals surface area contributed by atoms with Gasteiger partial charge in [-0.15, -0.1) is 0 Å². The average molecular weight is 476 g/mol. The lowest BCUT2D eigenvalue weighted by Gasteiger charge is -2.49. The van der Waals surface area contributed by atoms with Gasteiger partial charge in [0.15, 0.2) is 5.75 Å². The van der Waals surface area contributed by atoms with Crippen molar-refractivity contribution in [2.45, 2.75) is 11.8 Å². The molecule has 0 aromatic heterocycles. The van der Waals surface area contributed by atoms with E-state index in [1.54, 1.807) is 0 Å². The lowest BCUT2D eigenvalue weighted by atomic mass is 9.52. The Kier molecular flexibility index (Phi) is 6.24. The Balaban J connectivity index is 1.74. The van der Waals surface area contributed by atoms with Gasteiger partial charge in [-0.05, 0) is 23.3 Å². The number of ether oxygens (including phenoxy) is 1. The zero-order valence-electron chi connectivity index (χ0n) is 16.0. The van der Waals surface area contributed by atoms with Crippen LogP contribution in [0.3, 0.4) is 0 Å². The largest absolute Gasteiger partial charge is 0.481 e. The number of carbonyl (C=O) groups is 2. The SMILES string of the molecule is O=C(O)[C@H]1[C@H](c2ccccc2)[C@H](C(=O)Oc2ccc(Cl)c(Cl)c2Cl)[C@H]1c1ccccc1. The number of aliphatic carboxylic acids is 1. The Morgan fingerprint density at radius 2 is 1.23 bits per heavy atom. The van der Waals surface area contributed by atoms with Crippen molar-refractivity contribution in [1.29, 1.82) is 0 Å². The van der Waals surface area contributed by atoms with Crippen molar-refractivity contribution < 1.29 is 19.4 Å². The molecule has 0 bridgehead atoms. The van der Waals surface area contributed by atoms with Crippen LogP contribution in [0.2, 0.25) is 15.1 Å². The molecule has 3 aromatic rings. The number of benzene rings is 3. The van der Waals surface area contributed by atoms with Gasteiger partial charge in [0.25, 0.3) is 0 Å². The molecule has 0 heterocycles. The van der Waals surface area contributed by atoms with E-state index in [4.69, 9.17) is 39.5 Å². The highest BCUT2D eigenvalue weighted by atomic mass is 35.5. The summed E-state index contributed by atoms with van der Waals surface area (Å²) in [4.78, 5) is 25.5. The normalized spacial score (nSPS) is 22.4. The Morgan fingerprint density at radius 1 is 0.710 bits per heavy atom. The molecule has 0 saturated heterocycles. The van der Waals surface area contributed by atoms with E-state index in [2.05, 4.69) is 0 Å². The number of carbonyl (C=O) groups excluding carboxylic acids is 1. The minimum atomic E-state index is -0.959. The highest BCUT2D eigenvalue weighted by Crippen LogP contribution is 2.58. The highest BCUT2D eigenvalue weighted by molar-refractivity contribution is 6.48. The first-order valence-electron chi connectivity index (χ1n) is 9.58. The summed E-state index contributed by atoms with van der Waals surface area (Å²) < 4.78 is 5.61. The van der Waals surface area contributed by atoms with E-state index in [0.29, 0.717) is 0 Å². The molecular formula is C24H17Cl3O4. The van der Waals surface area contributed by atoms with Crippen LogP contribution in [-0.4, -0.2) is 17.0 Å². The fourth-order valence-electron chi connectivity index (χ4n) is 4.29. The third-order valence-electron chi connectivity index (χ3n) is 5.68. The van der Waals surface area contributed by atoms with Crippen molar-refractivity contribution in [3.63, 3.8) is 0 Å². The molecule has 0 radical (unpaired) electrons. The third kappa shape index (κ3) is 4.03. The number of carboxylic acids is 1. The van der Waals surface area contributed by atoms with Gasteiger partial charge in [-0.2, -0.15) is 0 Å². The molecule has 158 valence electrons. The summed E-state index contributed by atoms with van der Waals surface area (Å²) >= 11 is 18.2. The monoisotopic (exact) mass is 474 g/mol. The van der Waals surface area contributed by atoms with Crippen molar-refractivity contribution in [3.8, 4) is 5.75 Å². The van der Waals surface area contributed by atoms with Crippen LogP contribution in [0.4, 0.5) is 0 Å². The highest BCUT2D eigenvalue weighted by Gasteiger charge is 2.59. The Hall–Kier alpha value is -2.53. The van der Waals surface area contributed by atoms with Gasteiger partial charge in [0.1, 0.15) is 5.02 Å². The van der Waals surface area contributed by atoms with Crippen LogP contribution >= 0.6 is 34.8 Å². The van der Waals surface area contributed by atoms with Gasteiger partial charge in [-0.25, -0.2) is 0 Å². The lowest BCUT2D eigenvalue weighted by Crippen LogP contribution is -2.52. The molecule has 0 spiro atoms. The molecule has 1 fully saturated rings. The van der Waals surface area contributed by atoms with Crippen molar-refractivity contribution in [3.05, 3.63) is 99.0 Å². The van der Waals surface area contributed by atoms with Crippen LogP contribution in [0.1, 0.15) is 23.0 Å². The molecule has 4 nitrogen and oxygen atoms in total. The predicted octanol–water partition coefficient (Wildman–Crippen LogP) is 6.45. The minimum absolute atomic E-state index is 0.0316. The molecule has 1 N–H and O–H groups in total. The number of rotatable bonds is 5. The Bertz CT molecular complexity index is 1070. The summed E-state index contributed by atoms with van der Waals surface area (Å²) in [6.45, 7) is 0. The number of halogens is 3. The molecule has 7 heteroatoms. The first kappa shape index (κ1) is 21.7. The molecule has 1 aliphatic rings. The number of esters is 1. The van der Waals surface area contributed by atoms with E-state index in [1.165, 1.54) is 12.1 Å². The number of hydrogen-bond donors (Lipinski definition) is 1. The number of carboxylic acid groups (broad SMARTS) is 1. The fourth-order valence-corrected chi connectivity index (χ4v) is 4.86. The zero-order chi connectivity index (χ0) is 22.1. The number of hydrogen-bond acceptors (Lipinski definition) is 3. The van der Waals surface area contributed by atoms with Crippen LogP contribution in [0.5, 0.6) is 5.75 Å². The molecule has 1 aliphatic carbocycles. The second kappa shape index (κ2) is 8.91. The molecule has 0 unspecified atom stereocenters. The van der Waals surface area contributed by atoms with Gasteiger partial charge in [0.2, 0.25) is 0 Å². The molecule has 0 aliphatic heterocycles. The maximum atomic E-state index is 13.3. The summed E-state index contributed by atoms with van der Waals surface area (Å²) in [5.74, 6) is -4.02. The zero-order valence-corrected chi connectivity index (χ0v) is 18.3. The maximum Gasteiger partial charge on any atom is 0.315 e.